The van der Waals surface area contributed by atoms with Crippen molar-refractivity contribution in [2.45, 2.75) is 0 Å². The second-order valence-corrected chi connectivity index (χ2v) is 4.63. The quantitative estimate of drug-likeness (QED) is 0.862. The molecule has 0 aromatic heterocycles. The molecule has 0 aliphatic carbocycles. The molecule has 0 aliphatic rings. The van der Waals surface area contributed by atoms with Gasteiger partial charge in [0.25, 0.3) is 11.8 Å². The predicted octanol–water partition coefficient (Wildman–Crippen LogP) is 2.67. The molecular weight excluding hydrogens is 294 g/mol. The van der Waals surface area contributed by atoms with Gasteiger partial charge < -0.3 is 9.47 Å². The minimum Gasteiger partial charge on any atom is -0.493 e. The average molecular weight is 311 g/mol. The average Bonchev–Trinajstić information content (AvgIpc) is 2.60. The molecule has 2 amide bonds. The van der Waals surface area contributed by atoms with Crippen LogP contribution in [0, 0.1) is 0 Å². The second-order valence-electron chi connectivity index (χ2n) is 4.63. The highest BCUT2D eigenvalue weighted by Gasteiger charge is 2.07. The first-order valence-corrected chi connectivity index (χ1v) is 6.94. The molecule has 118 valence electrons. The third-order valence-corrected chi connectivity index (χ3v) is 3.11. The Morgan fingerprint density at radius 3 is 2.30 bits per heavy atom. The molecule has 0 bridgehead atoms. The zero-order chi connectivity index (χ0) is 16.7. The van der Waals surface area contributed by atoms with Gasteiger partial charge in [0.05, 0.1) is 14.2 Å². The van der Waals surface area contributed by atoms with E-state index in [0.29, 0.717) is 17.1 Å². The maximum Gasteiger partial charge on any atom is 0.258 e. The lowest BCUT2D eigenvalue weighted by atomic mass is 10.2. The number of methoxy groups -OCH3 is 2. The van der Waals surface area contributed by atoms with Gasteiger partial charge in [0, 0.05) is 11.6 Å². The van der Waals surface area contributed by atoms with Crippen molar-refractivity contribution >= 4 is 17.9 Å². The minimum atomic E-state index is -0.492. The van der Waals surface area contributed by atoms with Crippen molar-refractivity contribution in [2.75, 3.05) is 14.2 Å². The lowest BCUT2D eigenvalue weighted by Gasteiger charge is -2.07. The number of amides is 2. The van der Waals surface area contributed by atoms with Crippen molar-refractivity contribution < 1.29 is 19.1 Å². The van der Waals surface area contributed by atoms with Crippen LogP contribution in [-0.2, 0) is 4.79 Å². The summed E-state index contributed by atoms with van der Waals surface area (Å²) in [7, 11) is 3.09. The van der Waals surface area contributed by atoms with Crippen LogP contribution < -0.4 is 14.8 Å². The summed E-state index contributed by atoms with van der Waals surface area (Å²) in [4.78, 5) is 23.7. The Balaban J connectivity index is 2.02. The zero-order valence-electron chi connectivity index (χ0n) is 12.9. The largest absolute Gasteiger partial charge is 0.493 e. The van der Waals surface area contributed by atoms with Crippen LogP contribution in [0.3, 0.4) is 0 Å². The molecule has 0 fully saturated rings. The summed E-state index contributed by atoms with van der Waals surface area (Å²) in [5.74, 6) is 0.241. The van der Waals surface area contributed by atoms with E-state index in [-0.39, 0.29) is 0 Å². The van der Waals surface area contributed by atoms with Crippen molar-refractivity contribution in [3.05, 3.63) is 65.7 Å². The van der Waals surface area contributed by atoms with Crippen molar-refractivity contribution in [2.24, 2.45) is 0 Å². The zero-order valence-corrected chi connectivity index (χ0v) is 12.9. The molecule has 0 radical (unpaired) electrons. The molecule has 2 aromatic carbocycles. The molecule has 0 unspecified atom stereocenters. The number of carbonyl (C=O) groups excluding carboxylic acids is 2. The van der Waals surface area contributed by atoms with Crippen LogP contribution in [0.1, 0.15) is 15.9 Å². The van der Waals surface area contributed by atoms with E-state index in [2.05, 4.69) is 5.32 Å². The summed E-state index contributed by atoms with van der Waals surface area (Å²) >= 11 is 0. The van der Waals surface area contributed by atoms with Crippen LogP contribution in [0.15, 0.2) is 54.6 Å². The number of rotatable bonds is 5. The molecule has 23 heavy (non-hydrogen) atoms. The molecule has 0 heterocycles. The Bertz CT molecular complexity index is 723. The fourth-order valence-corrected chi connectivity index (χ4v) is 1.94. The third-order valence-electron chi connectivity index (χ3n) is 3.11. The van der Waals surface area contributed by atoms with Crippen LogP contribution in [-0.4, -0.2) is 26.0 Å². The Morgan fingerprint density at radius 1 is 0.957 bits per heavy atom. The van der Waals surface area contributed by atoms with Crippen molar-refractivity contribution in [3.63, 3.8) is 0 Å². The van der Waals surface area contributed by atoms with Gasteiger partial charge in [-0.2, -0.15) is 0 Å². The van der Waals surface area contributed by atoms with E-state index in [1.807, 2.05) is 0 Å². The van der Waals surface area contributed by atoms with E-state index in [0.717, 1.165) is 5.56 Å². The molecule has 0 aliphatic heterocycles. The van der Waals surface area contributed by atoms with Gasteiger partial charge in [0.1, 0.15) is 0 Å². The molecular formula is C18H17NO4. The number of benzene rings is 2. The van der Waals surface area contributed by atoms with Crippen molar-refractivity contribution in [1.82, 2.24) is 5.32 Å². The number of carbonyl (C=O) groups is 2. The van der Waals surface area contributed by atoms with Crippen LogP contribution >= 0.6 is 0 Å². The highest BCUT2D eigenvalue weighted by molar-refractivity contribution is 6.09. The van der Waals surface area contributed by atoms with Gasteiger partial charge in [-0.05, 0) is 35.9 Å². The highest BCUT2D eigenvalue weighted by Crippen LogP contribution is 2.27. The molecule has 5 nitrogen and oxygen atoms in total. The summed E-state index contributed by atoms with van der Waals surface area (Å²) in [6, 6.07) is 13.8. The fraction of sp³-hybridized carbons (Fsp3) is 0.111. The Morgan fingerprint density at radius 2 is 1.65 bits per heavy atom. The number of hydrogen-bond donors (Lipinski definition) is 1. The van der Waals surface area contributed by atoms with Gasteiger partial charge in [-0.1, -0.05) is 24.3 Å². The SMILES string of the molecule is COc1ccc(/C=C/C(=O)NC(=O)c2ccccc2)cc1OC. The van der Waals surface area contributed by atoms with E-state index in [9.17, 15) is 9.59 Å². The lowest BCUT2D eigenvalue weighted by Crippen LogP contribution is -2.28. The van der Waals surface area contributed by atoms with Crippen LogP contribution in [0.4, 0.5) is 0 Å². The normalized spacial score (nSPS) is 10.3. The van der Waals surface area contributed by atoms with Gasteiger partial charge in [0.15, 0.2) is 11.5 Å². The number of imide groups is 1. The van der Waals surface area contributed by atoms with Crippen LogP contribution in [0.5, 0.6) is 11.5 Å². The summed E-state index contributed by atoms with van der Waals surface area (Å²) in [6.45, 7) is 0. The molecule has 0 saturated carbocycles. The molecule has 0 atom stereocenters. The van der Waals surface area contributed by atoms with E-state index in [4.69, 9.17) is 9.47 Å². The third kappa shape index (κ3) is 4.44. The molecule has 1 N–H and O–H groups in total. The number of nitrogens with one attached hydrogen (secondary N) is 1. The van der Waals surface area contributed by atoms with E-state index < -0.39 is 11.8 Å². The monoisotopic (exact) mass is 311 g/mol. The van der Waals surface area contributed by atoms with E-state index in [1.54, 1.807) is 61.7 Å². The van der Waals surface area contributed by atoms with Gasteiger partial charge in [-0.25, -0.2) is 0 Å². The summed E-state index contributed by atoms with van der Waals surface area (Å²) in [6.07, 6.45) is 2.89. The molecule has 2 aromatic rings. The predicted molar refractivity (Wildman–Crippen MR) is 87.5 cm³/mol. The molecule has 5 heteroatoms. The van der Waals surface area contributed by atoms with Crippen molar-refractivity contribution in [1.29, 1.82) is 0 Å². The minimum absolute atomic E-state index is 0.431. The molecule has 0 spiro atoms. The fourth-order valence-electron chi connectivity index (χ4n) is 1.94. The molecule has 2 rings (SSSR count). The van der Waals surface area contributed by atoms with Gasteiger partial charge in [-0.3, -0.25) is 14.9 Å². The van der Waals surface area contributed by atoms with Gasteiger partial charge >= 0.3 is 0 Å². The maximum absolute atomic E-state index is 11.8. The van der Waals surface area contributed by atoms with Crippen molar-refractivity contribution in [3.8, 4) is 11.5 Å². The van der Waals surface area contributed by atoms with Crippen LogP contribution in [0.25, 0.3) is 6.08 Å². The summed E-state index contributed by atoms with van der Waals surface area (Å²) < 4.78 is 10.3. The van der Waals surface area contributed by atoms with Gasteiger partial charge in [0.2, 0.25) is 0 Å². The smallest absolute Gasteiger partial charge is 0.258 e. The molecule has 0 saturated heterocycles. The van der Waals surface area contributed by atoms with Crippen LogP contribution in [0.2, 0.25) is 0 Å². The summed E-state index contributed by atoms with van der Waals surface area (Å²) in [5, 5.41) is 2.30. The first-order valence-electron chi connectivity index (χ1n) is 6.94. The Hall–Kier alpha value is -3.08. The highest BCUT2D eigenvalue weighted by atomic mass is 16.5. The maximum atomic E-state index is 11.8. The topological polar surface area (TPSA) is 64.6 Å². The number of ether oxygens (including phenoxy) is 2. The first-order chi connectivity index (χ1) is 11.1. The summed E-state index contributed by atoms with van der Waals surface area (Å²) in [5.41, 5.74) is 1.19. The Labute approximate surface area is 134 Å². The first kappa shape index (κ1) is 16.3. The number of hydrogen-bond acceptors (Lipinski definition) is 4. The van der Waals surface area contributed by atoms with E-state index >= 15 is 0 Å². The standard InChI is InChI=1S/C18H17NO4/c1-22-15-10-8-13(12-16(15)23-2)9-11-17(20)19-18(21)14-6-4-3-5-7-14/h3-12H,1-2H3,(H,19,20,21)/b11-9+. The lowest BCUT2D eigenvalue weighted by molar-refractivity contribution is -0.115. The Kier molecular flexibility index (Phi) is 5.52. The van der Waals surface area contributed by atoms with Gasteiger partial charge in [-0.15, -0.1) is 0 Å². The second kappa shape index (κ2) is 7.79. The van der Waals surface area contributed by atoms with E-state index in [1.165, 1.54) is 13.2 Å².